The Morgan fingerprint density at radius 2 is 2.20 bits per heavy atom. The largest absolute Gasteiger partial charge is 0.434 e. The summed E-state index contributed by atoms with van der Waals surface area (Å²) in [5, 5.41) is 0. The van der Waals surface area contributed by atoms with Crippen LogP contribution in [0, 0.1) is 11.8 Å². The van der Waals surface area contributed by atoms with E-state index in [4.69, 9.17) is 5.73 Å². The number of hydrogen-bond donors (Lipinski definition) is 2. The zero-order chi connectivity index (χ0) is 11.5. The van der Waals surface area contributed by atoms with Gasteiger partial charge in [0.1, 0.15) is 5.56 Å². The van der Waals surface area contributed by atoms with Crippen molar-refractivity contribution in [3.63, 3.8) is 0 Å². The van der Waals surface area contributed by atoms with Crippen LogP contribution in [-0.2, 0) is 6.18 Å². The highest BCUT2D eigenvalue weighted by molar-refractivity contribution is 5.37. The molecule has 0 amide bonds. The third kappa shape index (κ3) is 2.57. The van der Waals surface area contributed by atoms with Crippen molar-refractivity contribution in [3.05, 3.63) is 27.9 Å². The number of nitrogens with two attached hydrogens (primary N) is 1. The molecule has 1 rings (SSSR count). The first-order valence-corrected chi connectivity index (χ1v) is 3.80. The molecule has 3 N–H and O–H groups in total. The Morgan fingerprint density at radius 3 is 2.73 bits per heavy atom. The molecule has 0 fully saturated rings. The molecule has 1 aromatic heterocycles. The molecule has 0 aliphatic carbocycles. The summed E-state index contributed by atoms with van der Waals surface area (Å²) >= 11 is 0. The van der Waals surface area contributed by atoms with Gasteiger partial charge < -0.3 is 10.7 Å². The minimum Gasteiger partial charge on any atom is -0.320 e. The highest BCUT2D eigenvalue weighted by Crippen LogP contribution is 2.28. The van der Waals surface area contributed by atoms with E-state index in [1.54, 1.807) is 0 Å². The highest BCUT2D eigenvalue weighted by atomic mass is 19.4. The predicted octanol–water partition coefficient (Wildman–Crippen LogP) is 0.0989. The van der Waals surface area contributed by atoms with Crippen molar-refractivity contribution in [3.8, 4) is 11.8 Å². The molecule has 0 bridgehead atoms. The summed E-state index contributed by atoms with van der Waals surface area (Å²) < 4.78 is 37.0. The zero-order valence-electron chi connectivity index (χ0n) is 7.35. The molecule has 15 heavy (non-hydrogen) atoms. The van der Waals surface area contributed by atoms with Gasteiger partial charge in [0.2, 0.25) is 0 Å². The van der Waals surface area contributed by atoms with Gasteiger partial charge in [-0.3, -0.25) is 4.79 Å². The Morgan fingerprint density at radius 1 is 1.53 bits per heavy atom. The molecule has 0 saturated heterocycles. The molecule has 80 valence electrons. The van der Waals surface area contributed by atoms with Crippen molar-refractivity contribution in [1.82, 2.24) is 9.97 Å². The summed E-state index contributed by atoms with van der Waals surface area (Å²) in [5.74, 6) is 4.22. The average molecular weight is 217 g/mol. The number of rotatable bonds is 0. The van der Waals surface area contributed by atoms with E-state index in [9.17, 15) is 18.0 Å². The minimum atomic E-state index is -4.70. The third-order valence-corrected chi connectivity index (χ3v) is 1.44. The van der Waals surface area contributed by atoms with E-state index < -0.39 is 23.0 Å². The highest BCUT2D eigenvalue weighted by Gasteiger charge is 2.36. The predicted molar refractivity (Wildman–Crippen MR) is 45.8 cm³/mol. The maximum absolute atomic E-state index is 12.3. The number of halogens is 3. The molecule has 0 saturated carbocycles. The Bertz CT molecular complexity index is 466. The second-order valence-electron chi connectivity index (χ2n) is 2.46. The van der Waals surface area contributed by atoms with Gasteiger partial charge in [-0.2, -0.15) is 13.2 Å². The van der Waals surface area contributed by atoms with Gasteiger partial charge in [0, 0.05) is 0 Å². The molecule has 0 aliphatic heterocycles. The van der Waals surface area contributed by atoms with Crippen LogP contribution in [0.25, 0.3) is 0 Å². The molecule has 0 aliphatic rings. The number of aromatic amines is 1. The molecule has 0 aromatic carbocycles. The van der Waals surface area contributed by atoms with Crippen molar-refractivity contribution in [1.29, 1.82) is 0 Å². The normalized spacial score (nSPS) is 10.7. The second kappa shape index (κ2) is 4.14. The molecule has 0 unspecified atom stereocenters. The van der Waals surface area contributed by atoms with E-state index in [1.807, 2.05) is 10.9 Å². The van der Waals surface area contributed by atoms with Gasteiger partial charge in [0.15, 0.2) is 5.69 Å². The number of aromatic nitrogens is 2. The summed E-state index contributed by atoms with van der Waals surface area (Å²) in [4.78, 5) is 16.1. The molecule has 1 aromatic rings. The van der Waals surface area contributed by atoms with Crippen LogP contribution in [0.15, 0.2) is 11.1 Å². The SMILES string of the molecule is NCC#Cc1c(C(F)(F)F)nc[nH]c1=O. The van der Waals surface area contributed by atoms with Gasteiger partial charge in [-0.1, -0.05) is 11.8 Å². The number of alkyl halides is 3. The maximum Gasteiger partial charge on any atom is 0.434 e. The van der Waals surface area contributed by atoms with E-state index >= 15 is 0 Å². The van der Waals surface area contributed by atoms with Gasteiger partial charge in [0.25, 0.3) is 5.56 Å². The first-order chi connectivity index (χ1) is 6.96. The topological polar surface area (TPSA) is 71.8 Å². The second-order valence-corrected chi connectivity index (χ2v) is 2.46. The van der Waals surface area contributed by atoms with E-state index in [0.717, 1.165) is 0 Å². The van der Waals surface area contributed by atoms with Crippen LogP contribution in [-0.4, -0.2) is 16.5 Å². The zero-order valence-corrected chi connectivity index (χ0v) is 7.35. The molecule has 0 radical (unpaired) electrons. The summed E-state index contributed by atoms with van der Waals surface area (Å²) in [6.07, 6.45) is -4.02. The molecule has 4 nitrogen and oxygen atoms in total. The van der Waals surface area contributed by atoms with Gasteiger partial charge >= 0.3 is 6.18 Å². The standard InChI is InChI=1S/C8H6F3N3O/c9-8(10,11)6-5(2-1-3-12)7(15)14-4-13-6/h4H,3,12H2,(H,13,14,15). The molecule has 7 heteroatoms. The smallest absolute Gasteiger partial charge is 0.320 e. The lowest BCUT2D eigenvalue weighted by Crippen LogP contribution is -2.20. The Labute approximate surface area is 82.3 Å². The first-order valence-electron chi connectivity index (χ1n) is 3.80. The third-order valence-electron chi connectivity index (χ3n) is 1.44. The van der Waals surface area contributed by atoms with Crippen molar-refractivity contribution < 1.29 is 13.2 Å². The van der Waals surface area contributed by atoms with Gasteiger partial charge in [-0.15, -0.1) is 0 Å². The number of hydrogen-bond acceptors (Lipinski definition) is 3. The van der Waals surface area contributed by atoms with E-state index in [1.165, 1.54) is 0 Å². The summed E-state index contributed by atoms with van der Waals surface area (Å²) in [6.45, 7) is -0.133. The monoisotopic (exact) mass is 217 g/mol. The fourth-order valence-corrected chi connectivity index (χ4v) is 0.870. The lowest BCUT2D eigenvalue weighted by atomic mass is 10.2. The number of nitrogens with zero attached hydrogens (tertiary/aromatic N) is 1. The van der Waals surface area contributed by atoms with Gasteiger partial charge in [0.05, 0.1) is 12.9 Å². The summed E-state index contributed by atoms with van der Waals surface area (Å²) in [5.41, 5.74) is 2.05. The molecule has 1 heterocycles. The van der Waals surface area contributed by atoms with Crippen LogP contribution in [0.2, 0.25) is 0 Å². The van der Waals surface area contributed by atoms with Crippen LogP contribution in [0.3, 0.4) is 0 Å². The lowest BCUT2D eigenvalue weighted by molar-refractivity contribution is -0.141. The quantitative estimate of drug-likeness (QED) is 0.605. The van der Waals surface area contributed by atoms with Crippen molar-refractivity contribution >= 4 is 0 Å². The fraction of sp³-hybridized carbons (Fsp3) is 0.250. The van der Waals surface area contributed by atoms with Crippen molar-refractivity contribution in [2.75, 3.05) is 6.54 Å². The average Bonchev–Trinajstić information content (AvgIpc) is 2.14. The molecule has 0 spiro atoms. The number of nitrogens with one attached hydrogen (secondary N) is 1. The van der Waals surface area contributed by atoms with Crippen molar-refractivity contribution in [2.45, 2.75) is 6.18 Å². The molecular weight excluding hydrogens is 211 g/mol. The van der Waals surface area contributed by atoms with Crippen LogP contribution in [0.4, 0.5) is 13.2 Å². The van der Waals surface area contributed by atoms with Gasteiger partial charge in [-0.25, -0.2) is 4.98 Å². The Kier molecular flexibility index (Phi) is 3.11. The molecular formula is C8H6F3N3O. The van der Waals surface area contributed by atoms with Gasteiger partial charge in [-0.05, 0) is 0 Å². The van der Waals surface area contributed by atoms with E-state index in [0.29, 0.717) is 6.33 Å². The molecule has 0 atom stereocenters. The minimum absolute atomic E-state index is 0.133. The van der Waals surface area contributed by atoms with Crippen LogP contribution < -0.4 is 11.3 Å². The summed E-state index contributed by atoms with van der Waals surface area (Å²) in [6, 6.07) is 0. The van der Waals surface area contributed by atoms with Crippen LogP contribution in [0.5, 0.6) is 0 Å². The fourth-order valence-electron chi connectivity index (χ4n) is 0.870. The Hall–Kier alpha value is -1.81. The number of H-pyrrole nitrogens is 1. The maximum atomic E-state index is 12.3. The summed E-state index contributed by atoms with van der Waals surface area (Å²) in [7, 11) is 0. The van der Waals surface area contributed by atoms with Crippen LogP contribution >= 0.6 is 0 Å². The van der Waals surface area contributed by atoms with Crippen molar-refractivity contribution in [2.24, 2.45) is 5.73 Å². The first kappa shape index (κ1) is 11.3. The Balaban J connectivity index is 3.40. The van der Waals surface area contributed by atoms with Crippen LogP contribution in [0.1, 0.15) is 11.3 Å². The van der Waals surface area contributed by atoms with E-state index in [-0.39, 0.29) is 6.54 Å². The van der Waals surface area contributed by atoms with E-state index in [2.05, 4.69) is 10.9 Å². The lowest BCUT2D eigenvalue weighted by Gasteiger charge is -2.05.